The number of rotatable bonds is 9. The molecule has 1 unspecified atom stereocenters. The number of hydrogen-bond acceptors (Lipinski definition) is 4. The van der Waals surface area contributed by atoms with Crippen molar-refractivity contribution in [1.29, 1.82) is 0 Å². The van der Waals surface area contributed by atoms with Crippen LogP contribution in [0.2, 0.25) is 0 Å². The number of para-hydroxylation sites is 1. The quantitative estimate of drug-likeness (QED) is 0.339. The average molecular weight is 491 g/mol. The lowest BCUT2D eigenvalue weighted by molar-refractivity contribution is -0.137. The molecule has 3 N–H and O–H groups in total. The number of carbonyl (C=O) groups excluding carboxylic acids is 1. The molecule has 0 spiro atoms. The Morgan fingerprint density at radius 3 is 2.44 bits per heavy atom. The molecule has 1 atom stereocenters. The summed E-state index contributed by atoms with van der Waals surface area (Å²) in [6.45, 7) is 8.50. The molecule has 1 aromatic carbocycles. The maximum atomic E-state index is 13.2. The van der Waals surface area contributed by atoms with Crippen LogP contribution in [-0.4, -0.2) is 32.4 Å². The van der Waals surface area contributed by atoms with Crippen molar-refractivity contribution in [3.63, 3.8) is 0 Å². The number of anilines is 2. The highest BCUT2D eigenvalue weighted by Gasteiger charge is 2.28. The molecule has 1 saturated carbocycles. The third-order valence-electron chi connectivity index (χ3n) is 7.22. The molecule has 1 fully saturated rings. The van der Waals surface area contributed by atoms with Crippen LogP contribution in [0.3, 0.4) is 0 Å². The zero-order chi connectivity index (χ0) is 25.8. The number of nitrogens with zero attached hydrogens (tertiary/aromatic N) is 2. The van der Waals surface area contributed by atoms with Gasteiger partial charge in [-0.05, 0) is 68.2 Å². The summed E-state index contributed by atoms with van der Waals surface area (Å²) in [5, 5.41) is 16.1. The van der Waals surface area contributed by atoms with Gasteiger partial charge < -0.3 is 15.7 Å². The summed E-state index contributed by atoms with van der Waals surface area (Å²) in [5.41, 5.74) is 5.52. The van der Waals surface area contributed by atoms with Crippen molar-refractivity contribution in [2.45, 2.75) is 78.7 Å². The first-order chi connectivity index (χ1) is 17.2. The molecule has 36 heavy (non-hydrogen) atoms. The van der Waals surface area contributed by atoms with E-state index in [1.54, 1.807) is 12.1 Å². The first kappa shape index (κ1) is 25.7. The van der Waals surface area contributed by atoms with Crippen molar-refractivity contribution in [3.05, 3.63) is 58.9 Å². The third kappa shape index (κ3) is 5.89. The smallest absolute Gasteiger partial charge is 0.305 e. The number of aliphatic carboxylic acids is 1. The number of nitrogens with one attached hydrogen (secondary N) is 2. The highest BCUT2D eigenvalue weighted by atomic mass is 16.4. The normalized spacial score (nSPS) is 15.2. The van der Waals surface area contributed by atoms with Gasteiger partial charge in [-0.15, -0.1) is 0 Å². The van der Waals surface area contributed by atoms with Crippen LogP contribution in [0.15, 0.2) is 36.5 Å². The summed E-state index contributed by atoms with van der Waals surface area (Å²) in [4.78, 5) is 29.6. The molecule has 7 nitrogen and oxygen atoms in total. The van der Waals surface area contributed by atoms with E-state index in [-0.39, 0.29) is 24.3 Å². The number of pyridine rings is 1. The number of carboxylic acid groups (broad SMARTS) is 1. The number of benzene rings is 1. The predicted octanol–water partition coefficient (Wildman–Crippen LogP) is 6.05. The van der Waals surface area contributed by atoms with Gasteiger partial charge in [0.15, 0.2) is 0 Å². The molecule has 1 aliphatic carbocycles. The van der Waals surface area contributed by atoms with Gasteiger partial charge in [0.2, 0.25) is 0 Å². The second-order valence-corrected chi connectivity index (χ2v) is 10.6. The lowest BCUT2D eigenvalue weighted by Crippen LogP contribution is -2.42. The minimum Gasteiger partial charge on any atom is -0.481 e. The van der Waals surface area contributed by atoms with E-state index >= 15 is 0 Å². The van der Waals surface area contributed by atoms with Gasteiger partial charge in [-0.2, -0.15) is 0 Å². The minimum atomic E-state index is -0.880. The molecule has 0 bridgehead atoms. The zero-order valence-electron chi connectivity index (χ0n) is 21.8. The summed E-state index contributed by atoms with van der Waals surface area (Å²) >= 11 is 0. The van der Waals surface area contributed by atoms with Gasteiger partial charge >= 0.3 is 5.97 Å². The summed E-state index contributed by atoms with van der Waals surface area (Å²) < 4.78 is 2.00. The Labute approximate surface area is 213 Å². The maximum Gasteiger partial charge on any atom is 0.305 e. The van der Waals surface area contributed by atoms with E-state index in [1.165, 1.54) is 6.42 Å². The highest BCUT2D eigenvalue weighted by Crippen LogP contribution is 2.30. The molecular formula is C29H38N4O3. The van der Waals surface area contributed by atoms with Gasteiger partial charge in [-0.25, -0.2) is 4.98 Å². The first-order valence-electron chi connectivity index (χ1n) is 13.1. The number of fused-ring (bicyclic) bond motifs is 1. The average Bonchev–Trinajstić information content (AvgIpc) is 3.16. The summed E-state index contributed by atoms with van der Waals surface area (Å²) in [7, 11) is 0. The summed E-state index contributed by atoms with van der Waals surface area (Å²) in [6.07, 6.45) is 7.91. The van der Waals surface area contributed by atoms with Crippen LogP contribution >= 0.6 is 0 Å². The molecule has 0 aliphatic heterocycles. The molecule has 2 heterocycles. The molecule has 0 saturated heterocycles. The van der Waals surface area contributed by atoms with Crippen LogP contribution in [0.1, 0.15) is 79.6 Å². The lowest BCUT2D eigenvalue weighted by atomic mass is 9.82. The van der Waals surface area contributed by atoms with E-state index in [4.69, 9.17) is 4.98 Å². The Hall–Kier alpha value is -3.35. The predicted molar refractivity (Wildman–Crippen MR) is 143 cm³/mol. The fourth-order valence-electron chi connectivity index (χ4n) is 5.34. The van der Waals surface area contributed by atoms with Gasteiger partial charge in [0.25, 0.3) is 5.91 Å². The molecule has 3 aromatic rings. The van der Waals surface area contributed by atoms with Gasteiger partial charge in [0.1, 0.15) is 11.5 Å². The second-order valence-electron chi connectivity index (χ2n) is 10.6. The van der Waals surface area contributed by atoms with Crippen molar-refractivity contribution < 1.29 is 14.7 Å². The molecule has 7 heteroatoms. The van der Waals surface area contributed by atoms with Crippen molar-refractivity contribution in [2.24, 2.45) is 11.8 Å². The van der Waals surface area contributed by atoms with Crippen LogP contribution in [0, 0.1) is 25.7 Å². The van der Waals surface area contributed by atoms with Crippen molar-refractivity contribution >= 4 is 29.0 Å². The fraction of sp³-hybridized carbons (Fsp3) is 0.483. The molecular weight excluding hydrogens is 452 g/mol. The summed E-state index contributed by atoms with van der Waals surface area (Å²) in [6, 6.07) is 9.45. The van der Waals surface area contributed by atoms with Crippen LogP contribution in [0.4, 0.5) is 11.5 Å². The number of imidazole rings is 1. The van der Waals surface area contributed by atoms with E-state index in [0.717, 1.165) is 60.4 Å². The molecule has 2 aromatic heterocycles. The first-order valence-corrected chi connectivity index (χ1v) is 13.1. The highest BCUT2D eigenvalue weighted by molar-refractivity contribution is 5.95. The SMILES string of the molecule is Cc1cccc(C)c1Nc1c(CC(C)C)nc2cc(C(=O)NC(CC(=O)O)C3CCCCC3)ccn12. The van der Waals surface area contributed by atoms with Crippen molar-refractivity contribution in [3.8, 4) is 0 Å². The zero-order valence-corrected chi connectivity index (χ0v) is 21.8. The van der Waals surface area contributed by atoms with E-state index < -0.39 is 5.97 Å². The van der Waals surface area contributed by atoms with Crippen LogP contribution in [0.25, 0.3) is 5.65 Å². The van der Waals surface area contributed by atoms with Gasteiger partial charge in [-0.3, -0.25) is 14.0 Å². The molecule has 0 radical (unpaired) electrons. The Bertz CT molecular complexity index is 1220. The Kier molecular flexibility index (Phi) is 7.97. The van der Waals surface area contributed by atoms with E-state index in [1.807, 2.05) is 10.6 Å². The Balaban J connectivity index is 1.64. The Morgan fingerprint density at radius 1 is 1.11 bits per heavy atom. The van der Waals surface area contributed by atoms with Crippen LogP contribution in [0.5, 0.6) is 0 Å². The molecule has 1 aliphatic rings. The maximum absolute atomic E-state index is 13.2. The van der Waals surface area contributed by atoms with E-state index in [9.17, 15) is 14.7 Å². The number of hydrogen-bond donors (Lipinski definition) is 3. The Morgan fingerprint density at radius 2 is 1.81 bits per heavy atom. The minimum absolute atomic E-state index is 0.0512. The van der Waals surface area contributed by atoms with Crippen molar-refractivity contribution in [2.75, 3.05) is 5.32 Å². The van der Waals surface area contributed by atoms with Gasteiger partial charge in [-0.1, -0.05) is 51.3 Å². The number of carbonyl (C=O) groups is 2. The molecule has 1 amide bonds. The number of carboxylic acids is 1. The van der Waals surface area contributed by atoms with Crippen LogP contribution < -0.4 is 10.6 Å². The summed E-state index contributed by atoms with van der Waals surface area (Å²) in [5.74, 6) is 0.416. The molecule has 192 valence electrons. The largest absolute Gasteiger partial charge is 0.481 e. The number of amides is 1. The number of aryl methyl sites for hydroxylation is 2. The second kappa shape index (κ2) is 11.1. The van der Waals surface area contributed by atoms with E-state index in [0.29, 0.717) is 17.1 Å². The van der Waals surface area contributed by atoms with Gasteiger partial charge in [0.05, 0.1) is 12.1 Å². The van der Waals surface area contributed by atoms with Gasteiger partial charge in [0, 0.05) is 23.5 Å². The number of aromatic nitrogens is 2. The third-order valence-corrected chi connectivity index (χ3v) is 7.22. The monoisotopic (exact) mass is 490 g/mol. The standard InChI is InChI=1S/C29H38N4O3/c1-18(2)15-24-28(32-27-19(3)9-8-10-20(27)4)33-14-13-22(16-25(33)30-24)29(36)31-23(17-26(34)35)21-11-6-5-7-12-21/h8-10,13-14,16,18,21,23,32H,5-7,11-12,15,17H2,1-4H3,(H,31,36)(H,34,35). The fourth-order valence-corrected chi connectivity index (χ4v) is 5.34. The molecule has 4 rings (SSSR count). The topological polar surface area (TPSA) is 95.7 Å². The van der Waals surface area contributed by atoms with E-state index in [2.05, 4.69) is 56.5 Å². The van der Waals surface area contributed by atoms with Crippen LogP contribution in [-0.2, 0) is 11.2 Å². The van der Waals surface area contributed by atoms with Crippen molar-refractivity contribution in [1.82, 2.24) is 14.7 Å². The lowest BCUT2D eigenvalue weighted by Gasteiger charge is -2.30.